The lowest BCUT2D eigenvalue weighted by molar-refractivity contribution is 0.0266. The fourth-order valence-corrected chi connectivity index (χ4v) is 0.808. The van der Waals surface area contributed by atoms with E-state index in [0.29, 0.717) is 0 Å². The minimum Gasteiger partial charge on any atom is -0.431 e. The summed E-state index contributed by atoms with van der Waals surface area (Å²) in [7, 11) is 0. The molecule has 0 saturated heterocycles. The van der Waals surface area contributed by atoms with Crippen molar-refractivity contribution in [3.63, 3.8) is 0 Å². The summed E-state index contributed by atoms with van der Waals surface area (Å²) in [5.74, 6) is 0. The average Bonchev–Trinajstić information content (AvgIpc) is 2.01. The Kier molecular flexibility index (Phi) is 6.47. The summed E-state index contributed by atoms with van der Waals surface area (Å²) in [4.78, 5) is 10.7. The van der Waals surface area contributed by atoms with Crippen molar-refractivity contribution < 1.29 is 14.3 Å². The van der Waals surface area contributed by atoms with Gasteiger partial charge in [0.1, 0.15) is 6.10 Å². The molecule has 1 N–H and O–H groups in total. The molecule has 0 fully saturated rings. The van der Waals surface area contributed by atoms with Crippen LogP contribution in [0.1, 0.15) is 33.1 Å². The molecule has 0 rings (SSSR count). The molecule has 0 aliphatic rings. The molecule has 0 heterocycles. The first-order valence-electron chi connectivity index (χ1n) is 4.18. The van der Waals surface area contributed by atoms with Gasteiger partial charge >= 0.3 is 6.16 Å². The molecule has 1 atom stereocenters. The Labute approximate surface area is 73.0 Å². The molecule has 1 unspecified atom stereocenters. The smallest absolute Gasteiger partial charge is 0.431 e. The van der Waals surface area contributed by atoms with E-state index in [1.165, 1.54) is 0 Å². The first-order valence-corrected chi connectivity index (χ1v) is 4.18. The molecule has 4 heteroatoms. The van der Waals surface area contributed by atoms with E-state index in [4.69, 9.17) is 10.5 Å². The Hall–Kier alpha value is -0.770. The Morgan fingerprint density at radius 2 is 2.25 bits per heavy atom. The summed E-state index contributed by atoms with van der Waals surface area (Å²) < 4.78 is 9.11. The van der Waals surface area contributed by atoms with Crippen LogP contribution in [-0.2, 0) is 9.47 Å². The molecular weight excluding hydrogens is 158 g/mol. The monoisotopic (exact) mass is 174 g/mol. The lowest BCUT2D eigenvalue weighted by Crippen LogP contribution is -2.16. The molecule has 4 nitrogen and oxygen atoms in total. The van der Waals surface area contributed by atoms with Crippen molar-refractivity contribution in [2.24, 2.45) is 0 Å². The van der Waals surface area contributed by atoms with Gasteiger partial charge in [0.2, 0.25) is 0 Å². The van der Waals surface area contributed by atoms with Crippen molar-refractivity contribution in [1.29, 1.82) is 0 Å². The fraction of sp³-hybridized carbons (Fsp3) is 0.875. The molecule has 0 spiro atoms. The third kappa shape index (κ3) is 5.97. The van der Waals surface area contributed by atoms with E-state index in [9.17, 15) is 4.79 Å². The minimum absolute atomic E-state index is 0.107. The van der Waals surface area contributed by atoms with Crippen LogP contribution in [0, 0.1) is 0 Å². The highest BCUT2D eigenvalue weighted by atomic mass is 16.7. The van der Waals surface area contributed by atoms with Gasteiger partial charge in [-0.15, -0.1) is 0 Å². The van der Waals surface area contributed by atoms with E-state index in [1.807, 2.05) is 6.92 Å². The molecule has 0 aromatic rings. The lowest BCUT2D eigenvalue weighted by Gasteiger charge is -2.11. The summed E-state index contributed by atoms with van der Waals surface area (Å²) in [5.41, 5.74) is 6.59. The second-order valence-electron chi connectivity index (χ2n) is 2.61. The summed E-state index contributed by atoms with van der Waals surface area (Å²) >= 11 is 0. The number of rotatable bonds is 5. The van der Waals surface area contributed by atoms with Gasteiger partial charge in [0.15, 0.2) is 6.73 Å². The minimum atomic E-state index is -0.742. The normalized spacial score (nSPS) is 12.2. The topological polar surface area (TPSA) is 59.3 Å². The molecule has 1 radical (unpaired) electrons. The number of carbonyl (C=O) groups is 1. The van der Waals surface area contributed by atoms with E-state index in [2.05, 4.69) is 11.7 Å². The summed E-state index contributed by atoms with van der Waals surface area (Å²) in [6.45, 7) is 3.52. The summed E-state index contributed by atoms with van der Waals surface area (Å²) in [6.07, 6.45) is 2.12. The molecule has 12 heavy (non-hydrogen) atoms. The third-order valence-electron chi connectivity index (χ3n) is 1.45. The predicted molar refractivity (Wildman–Crippen MR) is 44.5 cm³/mol. The van der Waals surface area contributed by atoms with E-state index >= 15 is 0 Å². The van der Waals surface area contributed by atoms with Crippen LogP contribution >= 0.6 is 0 Å². The molecule has 0 aliphatic carbocycles. The highest BCUT2D eigenvalue weighted by Crippen LogP contribution is 2.04. The van der Waals surface area contributed by atoms with Crippen molar-refractivity contribution >= 4 is 6.16 Å². The van der Waals surface area contributed by atoms with Gasteiger partial charge in [-0.25, -0.2) is 10.5 Å². The maximum absolute atomic E-state index is 10.7. The molecule has 0 saturated carbocycles. The maximum atomic E-state index is 10.7. The molecule has 71 valence electrons. The SMILES string of the molecule is CCCCC(C)OC(=O)OC[NH]. The zero-order chi connectivity index (χ0) is 9.40. The first kappa shape index (κ1) is 11.2. The van der Waals surface area contributed by atoms with Gasteiger partial charge in [0.25, 0.3) is 0 Å². The molecule has 0 aromatic heterocycles. The van der Waals surface area contributed by atoms with Gasteiger partial charge in [-0.05, 0) is 13.3 Å². The quantitative estimate of drug-likeness (QED) is 0.598. The van der Waals surface area contributed by atoms with Gasteiger partial charge in [-0.3, -0.25) is 0 Å². The average molecular weight is 174 g/mol. The number of carbonyl (C=O) groups excluding carboxylic acids is 1. The number of nitrogens with one attached hydrogen (secondary N) is 1. The van der Waals surface area contributed by atoms with Gasteiger partial charge in [0.05, 0.1) is 0 Å². The molecular formula is C8H16NO3. The van der Waals surface area contributed by atoms with Crippen molar-refractivity contribution in [3.8, 4) is 0 Å². The second kappa shape index (κ2) is 6.91. The van der Waals surface area contributed by atoms with Gasteiger partial charge in [0, 0.05) is 0 Å². The van der Waals surface area contributed by atoms with Crippen LogP contribution < -0.4 is 5.73 Å². The van der Waals surface area contributed by atoms with Crippen LogP contribution in [0.3, 0.4) is 0 Å². The van der Waals surface area contributed by atoms with E-state index < -0.39 is 6.16 Å². The van der Waals surface area contributed by atoms with Crippen LogP contribution in [0.4, 0.5) is 4.79 Å². The van der Waals surface area contributed by atoms with Crippen LogP contribution in [0.2, 0.25) is 0 Å². The largest absolute Gasteiger partial charge is 0.509 e. The van der Waals surface area contributed by atoms with Gasteiger partial charge < -0.3 is 9.47 Å². The molecule has 0 aromatic carbocycles. The third-order valence-corrected chi connectivity index (χ3v) is 1.45. The Morgan fingerprint density at radius 3 is 2.75 bits per heavy atom. The number of unbranched alkanes of at least 4 members (excludes halogenated alkanes) is 1. The number of hydrogen-bond acceptors (Lipinski definition) is 3. The van der Waals surface area contributed by atoms with E-state index in [-0.39, 0.29) is 12.8 Å². The first-order chi connectivity index (χ1) is 5.70. The Morgan fingerprint density at radius 1 is 1.58 bits per heavy atom. The van der Waals surface area contributed by atoms with Crippen molar-refractivity contribution in [2.75, 3.05) is 6.73 Å². The number of hydrogen-bond donors (Lipinski definition) is 0. The van der Waals surface area contributed by atoms with Gasteiger partial charge in [-0.2, -0.15) is 0 Å². The number of ether oxygens (including phenoxy) is 2. The van der Waals surface area contributed by atoms with Crippen LogP contribution in [0.25, 0.3) is 0 Å². The predicted octanol–water partition coefficient (Wildman–Crippen LogP) is 1.96. The highest BCUT2D eigenvalue weighted by molar-refractivity contribution is 5.59. The zero-order valence-electron chi connectivity index (χ0n) is 7.63. The van der Waals surface area contributed by atoms with Crippen LogP contribution in [0.5, 0.6) is 0 Å². The molecule has 0 aliphatic heterocycles. The fourth-order valence-electron chi connectivity index (χ4n) is 0.808. The summed E-state index contributed by atoms with van der Waals surface area (Å²) in [5, 5.41) is 0. The van der Waals surface area contributed by atoms with Crippen molar-refractivity contribution in [1.82, 2.24) is 5.73 Å². The molecule has 0 amide bonds. The van der Waals surface area contributed by atoms with E-state index in [0.717, 1.165) is 19.3 Å². The van der Waals surface area contributed by atoms with Gasteiger partial charge in [-0.1, -0.05) is 19.8 Å². The Balaban J connectivity index is 3.40. The molecule has 0 bridgehead atoms. The summed E-state index contributed by atoms with van der Waals surface area (Å²) in [6, 6.07) is 0. The zero-order valence-corrected chi connectivity index (χ0v) is 7.63. The van der Waals surface area contributed by atoms with Crippen LogP contribution in [-0.4, -0.2) is 19.0 Å². The van der Waals surface area contributed by atoms with Crippen LogP contribution in [0.15, 0.2) is 0 Å². The second-order valence-corrected chi connectivity index (χ2v) is 2.61. The lowest BCUT2D eigenvalue weighted by atomic mass is 10.2. The van der Waals surface area contributed by atoms with Crippen molar-refractivity contribution in [3.05, 3.63) is 0 Å². The van der Waals surface area contributed by atoms with Crippen molar-refractivity contribution in [2.45, 2.75) is 39.2 Å². The van der Waals surface area contributed by atoms with E-state index in [1.54, 1.807) is 0 Å². The standard InChI is InChI=1S/C8H16NO3/c1-3-4-5-7(2)12-8(10)11-6-9/h7,9H,3-6H2,1-2H3. The highest BCUT2D eigenvalue weighted by Gasteiger charge is 2.08. The Bertz CT molecular complexity index is 127. The maximum Gasteiger partial charge on any atom is 0.509 e.